The van der Waals surface area contributed by atoms with E-state index in [1.165, 1.54) is 12.1 Å². The molecule has 6 heteroatoms. The first kappa shape index (κ1) is 20.1. The first-order chi connectivity index (χ1) is 13.2. The Morgan fingerprint density at radius 1 is 1.04 bits per heavy atom. The quantitative estimate of drug-likeness (QED) is 0.807. The molecule has 1 aliphatic rings. The predicted octanol–water partition coefficient (Wildman–Crippen LogP) is 4.13. The maximum absolute atomic E-state index is 13.2. The lowest BCUT2D eigenvalue weighted by Crippen LogP contribution is -2.49. The number of carbonyl (C=O) groups excluding carboxylic acids is 1. The lowest BCUT2D eigenvalue weighted by atomic mass is 10.0. The number of halogens is 1. The Labute approximate surface area is 165 Å². The molecule has 1 aliphatic heterocycles. The fourth-order valence-electron chi connectivity index (χ4n) is 3.22. The van der Waals surface area contributed by atoms with Crippen molar-refractivity contribution in [2.24, 2.45) is 0 Å². The van der Waals surface area contributed by atoms with Crippen molar-refractivity contribution in [2.45, 2.75) is 32.9 Å². The van der Waals surface area contributed by atoms with Gasteiger partial charge in [-0.3, -0.25) is 4.90 Å². The van der Waals surface area contributed by atoms with E-state index in [0.717, 1.165) is 35.5 Å². The van der Waals surface area contributed by atoms with Gasteiger partial charge in [-0.15, -0.1) is 0 Å². The number of nitrogens with two attached hydrogens (primary N) is 1. The van der Waals surface area contributed by atoms with Crippen molar-refractivity contribution in [3.8, 4) is 11.1 Å². The Bertz CT molecular complexity index is 823. The van der Waals surface area contributed by atoms with Gasteiger partial charge < -0.3 is 15.4 Å². The number of anilines is 1. The molecule has 0 atom stereocenters. The zero-order chi connectivity index (χ0) is 20.3. The average molecular weight is 385 g/mol. The van der Waals surface area contributed by atoms with Crippen molar-refractivity contribution < 1.29 is 13.9 Å². The van der Waals surface area contributed by atoms with E-state index in [2.05, 4.69) is 11.0 Å². The second kappa shape index (κ2) is 8.19. The Hall–Kier alpha value is -2.60. The molecule has 1 heterocycles. The molecule has 0 bridgehead atoms. The van der Waals surface area contributed by atoms with Gasteiger partial charge in [-0.05, 0) is 61.7 Å². The molecule has 2 aromatic rings. The molecule has 0 aromatic heterocycles. The summed E-state index contributed by atoms with van der Waals surface area (Å²) < 4.78 is 18.6. The van der Waals surface area contributed by atoms with Crippen LogP contribution in [0.4, 0.5) is 14.9 Å². The van der Waals surface area contributed by atoms with E-state index in [1.54, 1.807) is 17.0 Å². The third-order valence-electron chi connectivity index (χ3n) is 4.74. The van der Waals surface area contributed by atoms with E-state index < -0.39 is 5.60 Å². The first-order valence-electron chi connectivity index (χ1n) is 9.56. The van der Waals surface area contributed by atoms with Gasteiger partial charge in [-0.25, -0.2) is 9.18 Å². The summed E-state index contributed by atoms with van der Waals surface area (Å²) in [6.45, 7) is 9.12. The maximum atomic E-state index is 13.2. The number of nitrogen functional groups attached to an aromatic ring is 1. The summed E-state index contributed by atoms with van der Waals surface area (Å²) >= 11 is 0. The van der Waals surface area contributed by atoms with Crippen LogP contribution < -0.4 is 5.73 Å². The molecule has 1 amide bonds. The van der Waals surface area contributed by atoms with Crippen LogP contribution in [0.3, 0.4) is 0 Å². The fourth-order valence-corrected chi connectivity index (χ4v) is 3.22. The second-order valence-corrected chi connectivity index (χ2v) is 8.16. The highest BCUT2D eigenvalue weighted by atomic mass is 19.1. The highest BCUT2D eigenvalue weighted by Gasteiger charge is 2.26. The molecule has 0 aliphatic carbocycles. The van der Waals surface area contributed by atoms with Gasteiger partial charge in [0.15, 0.2) is 0 Å². The maximum Gasteiger partial charge on any atom is 0.410 e. The minimum Gasteiger partial charge on any atom is -0.444 e. The van der Waals surface area contributed by atoms with Gasteiger partial charge in [-0.2, -0.15) is 0 Å². The van der Waals surface area contributed by atoms with Gasteiger partial charge >= 0.3 is 6.09 Å². The van der Waals surface area contributed by atoms with Crippen LogP contribution in [0.15, 0.2) is 42.5 Å². The predicted molar refractivity (Wildman–Crippen MR) is 109 cm³/mol. The van der Waals surface area contributed by atoms with E-state index in [-0.39, 0.29) is 11.9 Å². The summed E-state index contributed by atoms with van der Waals surface area (Å²) in [5, 5.41) is 0. The molecule has 0 saturated carbocycles. The number of benzene rings is 2. The fraction of sp³-hybridized carbons (Fsp3) is 0.409. The molecule has 3 rings (SSSR count). The van der Waals surface area contributed by atoms with Crippen molar-refractivity contribution in [3.05, 3.63) is 53.8 Å². The number of piperazine rings is 1. The highest BCUT2D eigenvalue weighted by Crippen LogP contribution is 2.25. The molecule has 1 fully saturated rings. The standard InChI is InChI=1S/C22H28FN3O2/c1-22(2,3)28-21(27)26-12-10-25(11-13-26)15-18-14-17(6-9-20(18)24)16-4-7-19(23)8-5-16/h4-9,14H,10-13,15,24H2,1-3H3. The highest BCUT2D eigenvalue weighted by molar-refractivity contribution is 5.68. The number of hydrogen-bond acceptors (Lipinski definition) is 4. The van der Waals surface area contributed by atoms with Crippen LogP contribution in [0.2, 0.25) is 0 Å². The molecule has 28 heavy (non-hydrogen) atoms. The lowest BCUT2D eigenvalue weighted by Gasteiger charge is -2.35. The van der Waals surface area contributed by atoms with Crippen molar-refractivity contribution in [3.63, 3.8) is 0 Å². The van der Waals surface area contributed by atoms with E-state index in [1.807, 2.05) is 32.9 Å². The molecule has 0 unspecified atom stereocenters. The molecule has 1 saturated heterocycles. The summed E-state index contributed by atoms with van der Waals surface area (Å²) in [7, 11) is 0. The van der Waals surface area contributed by atoms with Crippen LogP contribution >= 0.6 is 0 Å². The number of amides is 1. The number of carbonyl (C=O) groups is 1. The van der Waals surface area contributed by atoms with E-state index in [0.29, 0.717) is 19.6 Å². The normalized spacial score (nSPS) is 15.5. The van der Waals surface area contributed by atoms with Crippen molar-refractivity contribution in [1.29, 1.82) is 0 Å². The summed E-state index contributed by atoms with van der Waals surface area (Å²) in [4.78, 5) is 16.2. The third-order valence-corrected chi connectivity index (χ3v) is 4.74. The molecule has 5 nitrogen and oxygen atoms in total. The number of hydrogen-bond donors (Lipinski definition) is 1. The Kier molecular flexibility index (Phi) is 5.89. The summed E-state index contributed by atoms with van der Waals surface area (Å²) in [5.74, 6) is -0.248. The summed E-state index contributed by atoms with van der Waals surface area (Å²) in [6.07, 6.45) is -0.259. The topological polar surface area (TPSA) is 58.8 Å². The Morgan fingerprint density at radius 3 is 2.25 bits per heavy atom. The molecule has 0 spiro atoms. The number of ether oxygens (including phenoxy) is 1. The molecule has 0 radical (unpaired) electrons. The van der Waals surface area contributed by atoms with Gasteiger partial charge in [0.25, 0.3) is 0 Å². The smallest absolute Gasteiger partial charge is 0.410 e. The van der Waals surface area contributed by atoms with Gasteiger partial charge in [-0.1, -0.05) is 18.2 Å². The minimum absolute atomic E-state index is 0.248. The largest absolute Gasteiger partial charge is 0.444 e. The van der Waals surface area contributed by atoms with Crippen LogP contribution in [0.1, 0.15) is 26.3 Å². The number of nitrogens with zero attached hydrogens (tertiary/aromatic N) is 2. The van der Waals surface area contributed by atoms with Crippen LogP contribution in [0.5, 0.6) is 0 Å². The van der Waals surface area contributed by atoms with Gasteiger partial charge in [0.05, 0.1) is 0 Å². The monoisotopic (exact) mass is 385 g/mol. The molecule has 2 aromatic carbocycles. The van der Waals surface area contributed by atoms with Crippen LogP contribution in [0, 0.1) is 5.82 Å². The Balaban J connectivity index is 1.63. The van der Waals surface area contributed by atoms with E-state index in [9.17, 15) is 9.18 Å². The minimum atomic E-state index is -0.483. The molecular weight excluding hydrogens is 357 g/mol. The van der Waals surface area contributed by atoms with Crippen LogP contribution in [-0.4, -0.2) is 47.7 Å². The van der Waals surface area contributed by atoms with Crippen LogP contribution in [0.25, 0.3) is 11.1 Å². The first-order valence-corrected chi connectivity index (χ1v) is 9.56. The Morgan fingerprint density at radius 2 is 1.64 bits per heavy atom. The van der Waals surface area contributed by atoms with Crippen molar-refractivity contribution in [1.82, 2.24) is 9.80 Å². The summed E-state index contributed by atoms with van der Waals surface area (Å²) in [5.41, 5.74) is 9.44. The zero-order valence-electron chi connectivity index (χ0n) is 16.7. The number of rotatable bonds is 3. The average Bonchev–Trinajstić information content (AvgIpc) is 2.63. The van der Waals surface area contributed by atoms with E-state index >= 15 is 0 Å². The molecular formula is C22H28FN3O2. The molecule has 150 valence electrons. The van der Waals surface area contributed by atoms with Crippen LogP contribution in [-0.2, 0) is 11.3 Å². The van der Waals surface area contributed by atoms with Gasteiger partial charge in [0, 0.05) is 38.4 Å². The SMILES string of the molecule is CC(C)(C)OC(=O)N1CCN(Cc2cc(-c3ccc(F)cc3)ccc2N)CC1. The van der Waals surface area contributed by atoms with Gasteiger partial charge in [0.1, 0.15) is 11.4 Å². The zero-order valence-corrected chi connectivity index (χ0v) is 16.7. The molecule has 2 N–H and O–H groups in total. The lowest BCUT2D eigenvalue weighted by molar-refractivity contribution is 0.0139. The van der Waals surface area contributed by atoms with Gasteiger partial charge in [0.2, 0.25) is 0 Å². The van der Waals surface area contributed by atoms with Crippen molar-refractivity contribution >= 4 is 11.8 Å². The third kappa shape index (κ3) is 5.23. The summed E-state index contributed by atoms with van der Waals surface area (Å²) in [6, 6.07) is 12.4. The van der Waals surface area contributed by atoms with Crippen molar-refractivity contribution in [2.75, 3.05) is 31.9 Å². The second-order valence-electron chi connectivity index (χ2n) is 8.16. The van der Waals surface area contributed by atoms with E-state index in [4.69, 9.17) is 10.5 Å².